The fourth-order valence-electron chi connectivity index (χ4n) is 2.61. The molecule has 1 aliphatic rings. The van der Waals surface area contributed by atoms with Crippen molar-refractivity contribution in [3.05, 3.63) is 64.1 Å². The number of benzene rings is 2. The van der Waals surface area contributed by atoms with Crippen molar-refractivity contribution in [3.8, 4) is 11.5 Å². The van der Waals surface area contributed by atoms with Crippen LogP contribution in [-0.4, -0.2) is 30.3 Å². The van der Waals surface area contributed by atoms with Gasteiger partial charge in [0.15, 0.2) is 0 Å². The second-order valence-electron chi connectivity index (χ2n) is 5.86. The molecule has 1 saturated heterocycles. The number of methoxy groups -OCH3 is 2. The van der Waals surface area contributed by atoms with E-state index in [-0.39, 0.29) is 17.7 Å². The maximum atomic E-state index is 12.7. The third-order valence-electron chi connectivity index (χ3n) is 4.06. The van der Waals surface area contributed by atoms with Crippen LogP contribution in [0.5, 0.6) is 11.5 Å². The Morgan fingerprint density at radius 3 is 2.42 bits per heavy atom. The molecule has 2 aromatic carbocycles. The largest absolute Gasteiger partial charge is 0.497 e. The number of rotatable bonds is 5. The van der Waals surface area contributed by atoms with Crippen molar-refractivity contribution in [2.75, 3.05) is 14.2 Å². The zero-order chi connectivity index (χ0) is 18.7. The van der Waals surface area contributed by atoms with E-state index in [1.54, 1.807) is 38.5 Å². The van der Waals surface area contributed by atoms with Crippen LogP contribution < -0.4 is 9.47 Å². The molecule has 5 nitrogen and oxygen atoms in total. The summed E-state index contributed by atoms with van der Waals surface area (Å²) >= 11 is 0.934. The predicted octanol–water partition coefficient (Wildman–Crippen LogP) is 4.25. The van der Waals surface area contributed by atoms with E-state index in [1.165, 1.54) is 4.90 Å². The van der Waals surface area contributed by atoms with Gasteiger partial charge in [-0.2, -0.15) is 0 Å². The molecular weight excluding hydrogens is 350 g/mol. The van der Waals surface area contributed by atoms with Crippen molar-refractivity contribution in [1.29, 1.82) is 0 Å². The lowest BCUT2D eigenvalue weighted by Gasteiger charge is -2.12. The van der Waals surface area contributed by atoms with Crippen molar-refractivity contribution < 1.29 is 19.1 Å². The molecular formula is C20H19NO4S. The molecule has 134 valence electrons. The van der Waals surface area contributed by atoms with Gasteiger partial charge in [0.1, 0.15) is 11.5 Å². The Bertz CT molecular complexity index is 874. The minimum Gasteiger partial charge on any atom is -0.497 e. The lowest BCUT2D eigenvalue weighted by atomic mass is 10.1. The van der Waals surface area contributed by atoms with Crippen molar-refractivity contribution in [1.82, 2.24) is 4.90 Å². The highest BCUT2D eigenvalue weighted by molar-refractivity contribution is 8.18. The van der Waals surface area contributed by atoms with Gasteiger partial charge in [-0.25, -0.2) is 0 Å². The van der Waals surface area contributed by atoms with Gasteiger partial charge >= 0.3 is 0 Å². The molecule has 1 fully saturated rings. The van der Waals surface area contributed by atoms with Crippen LogP contribution in [0.15, 0.2) is 47.4 Å². The van der Waals surface area contributed by atoms with E-state index in [1.807, 2.05) is 31.2 Å². The SMILES string of the molecule is COc1ccc(OC)c(C=C2SC(=O)N(Cc3ccc(C)cc3)C2=O)c1. The summed E-state index contributed by atoms with van der Waals surface area (Å²) in [7, 11) is 3.13. The first-order valence-corrected chi connectivity index (χ1v) is 8.86. The zero-order valence-electron chi connectivity index (χ0n) is 14.8. The Kier molecular flexibility index (Phi) is 5.32. The highest BCUT2D eigenvalue weighted by Gasteiger charge is 2.35. The van der Waals surface area contributed by atoms with E-state index in [0.29, 0.717) is 22.0 Å². The van der Waals surface area contributed by atoms with Gasteiger partial charge in [-0.05, 0) is 48.5 Å². The van der Waals surface area contributed by atoms with Gasteiger partial charge in [-0.3, -0.25) is 14.5 Å². The summed E-state index contributed by atoms with van der Waals surface area (Å²) in [6.45, 7) is 2.26. The van der Waals surface area contributed by atoms with Gasteiger partial charge in [-0.1, -0.05) is 29.8 Å². The van der Waals surface area contributed by atoms with Crippen LogP contribution in [0.1, 0.15) is 16.7 Å². The second-order valence-corrected chi connectivity index (χ2v) is 6.85. The fourth-order valence-corrected chi connectivity index (χ4v) is 3.43. The minimum absolute atomic E-state index is 0.261. The van der Waals surface area contributed by atoms with Crippen LogP contribution in [-0.2, 0) is 11.3 Å². The van der Waals surface area contributed by atoms with Crippen LogP contribution in [0.4, 0.5) is 4.79 Å². The molecule has 0 spiro atoms. The molecule has 0 atom stereocenters. The van der Waals surface area contributed by atoms with Crippen LogP contribution in [0.25, 0.3) is 6.08 Å². The third-order valence-corrected chi connectivity index (χ3v) is 4.97. The molecule has 1 aliphatic heterocycles. The van der Waals surface area contributed by atoms with Crippen LogP contribution in [0.3, 0.4) is 0 Å². The number of ether oxygens (including phenoxy) is 2. The number of hydrogen-bond acceptors (Lipinski definition) is 5. The number of amides is 2. The Hall–Kier alpha value is -2.73. The zero-order valence-corrected chi connectivity index (χ0v) is 15.6. The lowest BCUT2D eigenvalue weighted by Crippen LogP contribution is -2.27. The first kappa shape index (κ1) is 18.1. The van der Waals surface area contributed by atoms with Crippen LogP contribution >= 0.6 is 11.8 Å². The summed E-state index contributed by atoms with van der Waals surface area (Å²) in [4.78, 5) is 26.6. The quantitative estimate of drug-likeness (QED) is 0.738. The molecule has 3 rings (SSSR count). The Labute approximate surface area is 156 Å². The maximum Gasteiger partial charge on any atom is 0.293 e. The molecule has 26 heavy (non-hydrogen) atoms. The number of imide groups is 1. The second kappa shape index (κ2) is 7.66. The van der Waals surface area contributed by atoms with Crippen LogP contribution in [0.2, 0.25) is 0 Å². The van der Waals surface area contributed by atoms with Gasteiger partial charge in [0.25, 0.3) is 11.1 Å². The van der Waals surface area contributed by atoms with E-state index in [2.05, 4.69) is 0 Å². The molecule has 0 radical (unpaired) electrons. The highest BCUT2D eigenvalue weighted by Crippen LogP contribution is 2.35. The summed E-state index contributed by atoms with van der Waals surface area (Å²) in [5.74, 6) is 0.956. The monoisotopic (exact) mass is 369 g/mol. The molecule has 0 N–H and O–H groups in total. The Morgan fingerprint density at radius 2 is 1.77 bits per heavy atom. The standard InChI is InChI=1S/C20H19NO4S/c1-13-4-6-14(7-5-13)12-21-19(22)18(26-20(21)23)11-15-10-16(24-2)8-9-17(15)25-3/h4-11H,12H2,1-3H3. The third kappa shape index (κ3) is 3.75. The smallest absolute Gasteiger partial charge is 0.293 e. The van der Waals surface area contributed by atoms with Crippen LogP contribution in [0, 0.1) is 6.92 Å². The number of carbonyl (C=O) groups is 2. The first-order valence-electron chi connectivity index (χ1n) is 8.04. The van der Waals surface area contributed by atoms with Crippen molar-refractivity contribution >= 4 is 29.0 Å². The number of carbonyl (C=O) groups excluding carboxylic acids is 2. The van der Waals surface area contributed by atoms with E-state index in [0.717, 1.165) is 22.9 Å². The summed E-state index contributed by atoms with van der Waals surface area (Å²) in [6.07, 6.45) is 1.67. The van der Waals surface area contributed by atoms with E-state index in [9.17, 15) is 9.59 Å². The normalized spacial score (nSPS) is 15.7. The van der Waals surface area contributed by atoms with E-state index in [4.69, 9.17) is 9.47 Å². The molecule has 2 amide bonds. The summed E-state index contributed by atoms with van der Waals surface area (Å²) in [6, 6.07) is 13.1. The molecule has 0 unspecified atom stereocenters. The first-order chi connectivity index (χ1) is 12.5. The highest BCUT2D eigenvalue weighted by atomic mass is 32.2. The van der Waals surface area contributed by atoms with Gasteiger partial charge in [-0.15, -0.1) is 0 Å². The number of aryl methyl sites for hydroxylation is 1. The van der Waals surface area contributed by atoms with Crippen molar-refractivity contribution in [2.24, 2.45) is 0 Å². The van der Waals surface area contributed by atoms with Crippen molar-refractivity contribution in [2.45, 2.75) is 13.5 Å². The number of hydrogen-bond donors (Lipinski definition) is 0. The summed E-state index contributed by atoms with van der Waals surface area (Å²) in [5.41, 5.74) is 2.73. The topological polar surface area (TPSA) is 55.8 Å². The van der Waals surface area contributed by atoms with Crippen molar-refractivity contribution in [3.63, 3.8) is 0 Å². The molecule has 0 aromatic heterocycles. The average Bonchev–Trinajstić information content (AvgIpc) is 2.90. The Balaban J connectivity index is 1.86. The summed E-state index contributed by atoms with van der Waals surface area (Å²) < 4.78 is 10.6. The molecule has 0 saturated carbocycles. The molecule has 2 aromatic rings. The molecule has 0 aliphatic carbocycles. The molecule has 0 bridgehead atoms. The van der Waals surface area contributed by atoms with Gasteiger partial charge in [0.2, 0.25) is 0 Å². The minimum atomic E-state index is -0.301. The number of nitrogens with zero attached hydrogens (tertiary/aromatic N) is 1. The summed E-state index contributed by atoms with van der Waals surface area (Å²) in [5, 5.41) is -0.274. The molecule has 1 heterocycles. The van der Waals surface area contributed by atoms with E-state index < -0.39 is 0 Å². The molecule has 6 heteroatoms. The van der Waals surface area contributed by atoms with Gasteiger partial charge in [0.05, 0.1) is 25.7 Å². The fraction of sp³-hybridized carbons (Fsp3) is 0.200. The Morgan fingerprint density at radius 1 is 1.04 bits per heavy atom. The van der Waals surface area contributed by atoms with Gasteiger partial charge in [0, 0.05) is 5.56 Å². The van der Waals surface area contributed by atoms with Gasteiger partial charge < -0.3 is 9.47 Å². The number of thioether (sulfide) groups is 1. The maximum absolute atomic E-state index is 12.7. The van der Waals surface area contributed by atoms with E-state index >= 15 is 0 Å². The predicted molar refractivity (Wildman–Crippen MR) is 102 cm³/mol. The average molecular weight is 369 g/mol. The lowest BCUT2D eigenvalue weighted by molar-refractivity contribution is -0.123.